The molecule has 1 N–H and O–H groups in total. The van der Waals surface area contributed by atoms with Crippen molar-refractivity contribution in [1.29, 1.82) is 0 Å². The van der Waals surface area contributed by atoms with E-state index in [0.717, 1.165) is 47.3 Å². The molecule has 0 spiro atoms. The van der Waals surface area contributed by atoms with Gasteiger partial charge in [-0.05, 0) is 62.4 Å². The van der Waals surface area contributed by atoms with Crippen LogP contribution >= 0.6 is 11.6 Å². The number of nitrogens with one attached hydrogen (secondary N) is 1. The fraction of sp³-hybridized carbons (Fsp3) is 0.435. The van der Waals surface area contributed by atoms with Gasteiger partial charge in [0.1, 0.15) is 5.52 Å². The molecule has 1 saturated carbocycles. The van der Waals surface area contributed by atoms with Crippen molar-refractivity contribution in [2.45, 2.75) is 64.0 Å². The maximum atomic E-state index is 12.7. The minimum Gasteiger partial charge on any atom is -0.350 e. The lowest BCUT2D eigenvalue weighted by molar-refractivity contribution is 0.0938. The van der Waals surface area contributed by atoms with E-state index in [4.69, 9.17) is 11.6 Å². The summed E-state index contributed by atoms with van der Waals surface area (Å²) < 4.78 is 2.04. The van der Waals surface area contributed by atoms with Crippen LogP contribution in [0.4, 0.5) is 0 Å². The van der Waals surface area contributed by atoms with Gasteiger partial charge in [0.05, 0.1) is 11.6 Å². The summed E-state index contributed by atoms with van der Waals surface area (Å²) in [6.45, 7) is 2.02. The van der Waals surface area contributed by atoms with Gasteiger partial charge in [-0.25, -0.2) is 4.68 Å². The second kappa shape index (κ2) is 8.95. The van der Waals surface area contributed by atoms with Crippen molar-refractivity contribution in [2.24, 2.45) is 0 Å². The first-order chi connectivity index (χ1) is 14.1. The lowest BCUT2D eigenvalue weighted by Gasteiger charge is -2.21. The van der Waals surface area contributed by atoms with Gasteiger partial charge in [0, 0.05) is 16.6 Å². The number of carbonyl (C=O) groups excluding carboxylic acids is 1. The zero-order valence-corrected chi connectivity index (χ0v) is 17.5. The third-order valence-electron chi connectivity index (χ3n) is 5.84. The first-order valence-electron chi connectivity index (χ1n) is 10.5. The fourth-order valence-corrected chi connectivity index (χ4v) is 4.36. The first kappa shape index (κ1) is 19.9. The summed E-state index contributed by atoms with van der Waals surface area (Å²) in [6.07, 6.45) is 7.78. The number of fused-ring (bicyclic) bond motifs is 1. The van der Waals surface area contributed by atoms with Gasteiger partial charge < -0.3 is 5.32 Å². The number of aromatic nitrogens is 3. The number of nitrogens with zero attached hydrogens (tertiary/aromatic N) is 3. The minimum atomic E-state index is -0.0780. The van der Waals surface area contributed by atoms with Gasteiger partial charge in [-0.3, -0.25) is 4.79 Å². The summed E-state index contributed by atoms with van der Waals surface area (Å²) in [4.78, 5) is 12.7. The van der Waals surface area contributed by atoms with Crippen LogP contribution in [0.15, 0.2) is 42.5 Å². The van der Waals surface area contributed by atoms with E-state index in [0.29, 0.717) is 11.6 Å². The molecule has 29 heavy (non-hydrogen) atoms. The molecule has 1 aromatic heterocycles. The molecule has 1 amide bonds. The molecule has 6 heteroatoms. The van der Waals surface area contributed by atoms with Crippen LogP contribution in [0.25, 0.3) is 11.0 Å². The summed E-state index contributed by atoms with van der Waals surface area (Å²) in [6, 6.07) is 14.0. The highest BCUT2D eigenvalue weighted by Gasteiger charge is 2.19. The molecule has 2 aromatic carbocycles. The van der Waals surface area contributed by atoms with Crippen LogP contribution in [-0.2, 0) is 6.42 Å². The Hall–Kier alpha value is -2.40. The number of halogens is 1. The molecule has 0 radical (unpaired) electrons. The Kier molecular flexibility index (Phi) is 6.14. The molecule has 5 nitrogen and oxygen atoms in total. The Morgan fingerprint density at radius 3 is 2.79 bits per heavy atom. The van der Waals surface area contributed by atoms with Crippen LogP contribution in [-0.4, -0.2) is 26.9 Å². The SMILES string of the molecule is CC(CCc1ccccc1Cl)NC(=O)c1ccc2c(c1)nnn2C1CCCCC1. The summed E-state index contributed by atoms with van der Waals surface area (Å²) in [5.74, 6) is -0.0780. The molecule has 1 unspecified atom stereocenters. The number of carbonyl (C=O) groups is 1. The van der Waals surface area contributed by atoms with Crippen molar-refractivity contribution in [3.05, 3.63) is 58.6 Å². The predicted molar refractivity (Wildman–Crippen MR) is 116 cm³/mol. The Labute approximate surface area is 176 Å². The molecule has 3 aromatic rings. The molecule has 1 aliphatic carbocycles. The highest BCUT2D eigenvalue weighted by Crippen LogP contribution is 2.30. The molecule has 0 bridgehead atoms. The summed E-state index contributed by atoms with van der Waals surface area (Å²) >= 11 is 6.22. The van der Waals surface area contributed by atoms with Crippen LogP contribution in [0.1, 0.15) is 67.4 Å². The molecular weight excluding hydrogens is 384 g/mol. The van der Waals surface area contributed by atoms with Crippen molar-refractivity contribution >= 4 is 28.5 Å². The van der Waals surface area contributed by atoms with Crippen LogP contribution < -0.4 is 5.32 Å². The summed E-state index contributed by atoms with van der Waals surface area (Å²) in [7, 11) is 0. The average Bonchev–Trinajstić information content (AvgIpc) is 3.17. The molecule has 4 rings (SSSR count). The normalized spacial score (nSPS) is 16.1. The lowest BCUT2D eigenvalue weighted by Crippen LogP contribution is -2.32. The standard InChI is InChI=1S/C23H27ClN4O/c1-16(11-12-17-7-5-6-10-20(17)24)25-23(29)18-13-14-22-21(15-18)26-27-28(22)19-8-3-2-4-9-19/h5-7,10,13-16,19H,2-4,8-9,11-12H2,1H3,(H,25,29). The number of hydrogen-bond acceptors (Lipinski definition) is 3. The van der Waals surface area contributed by atoms with Crippen molar-refractivity contribution in [2.75, 3.05) is 0 Å². The maximum absolute atomic E-state index is 12.7. The monoisotopic (exact) mass is 410 g/mol. The Balaban J connectivity index is 1.40. The summed E-state index contributed by atoms with van der Waals surface area (Å²) in [5, 5.41) is 12.6. The van der Waals surface area contributed by atoms with Crippen LogP contribution in [0, 0.1) is 0 Å². The van der Waals surface area contributed by atoms with E-state index < -0.39 is 0 Å². The van der Waals surface area contributed by atoms with Gasteiger partial charge in [-0.1, -0.05) is 54.3 Å². The van der Waals surface area contributed by atoms with Crippen LogP contribution in [0.5, 0.6) is 0 Å². The molecule has 1 fully saturated rings. The Morgan fingerprint density at radius 2 is 2.00 bits per heavy atom. The molecule has 1 heterocycles. The molecule has 0 saturated heterocycles. The second-order valence-corrected chi connectivity index (χ2v) is 8.44. The maximum Gasteiger partial charge on any atom is 0.251 e. The molecular formula is C23H27ClN4O. The highest BCUT2D eigenvalue weighted by atomic mass is 35.5. The van der Waals surface area contributed by atoms with Gasteiger partial charge in [-0.15, -0.1) is 5.10 Å². The van der Waals surface area contributed by atoms with Crippen LogP contribution in [0.2, 0.25) is 5.02 Å². The van der Waals surface area contributed by atoms with Gasteiger partial charge in [-0.2, -0.15) is 0 Å². The van der Waals surface area contributed by atoms with Gasteiger partial charge in [0.2, 0.25) is 0 Å². The van der Waals surface area contributed by atoms with E-state index >= 15 is 0 Å². The van der Waals surface area contributed by atoms with Gasteiger partial charge in [0.15, 0.2) is 0 Å². The van der Waals surface area contributed by atoms with Gasteiger partial charge in [0.25, 0.3) is 5.91 Å². The minimum absolute atomic E-state index is 0.0485. The first-order valence-corrected chi connectivity index (χ1v) is 10.9. The predicted octanol–water partition coefficient (Wildman–Crippen LogP) is 5.34. The lowest BCUT2D eigenvalue weighted by atomic mass is 9.95. The van der Waals surface area contributed by atoms with Crippen LogP contribution in [0.3, 0.4) is 0 Å². The third-order valence-corrected chi connectivity index (χ3v) is 6.20. The fourth-order valence-electron chi connectivity index (χ4n) is 4.13. The number of benzene rings is 2. The summed E-state index contributed by atoms with van der Waals surface area (Å²) in [5.41, 5.74) is 3.53. The van der Waals surface area contributed by atoms with Crippen molar-refractivity contribution < 1.29 is 4.79 Å². The molecule has 1 atom stereocenters. The number of hydrogen-bond donors (Lipinski definition) is 1. The number of amides is 1. The highest BCUT2D eigenvalue weighted by molar-refractivity contribution is 6.31. The van der Waals surface area contributed by atoms with Crippen molar-refractivity contribution in [1.82, 2.24) is 20.3 Å². The third kappa shape index (κ3) is 4.61. The quantitative estimate of drug-likeness (QED) is 0.596. The molecule has 1 aliphatic rings. The Bertz CT molecular complexity index is 993. The van der Waals surface area contributed by atoms with E-state index in [9.17, 15) is 4.79 Å². The van der Waals surface area contributed by atoms with E-state index in [1.165, 1.54) is 19.3 Å². The molecule has 152 valence electrons. The van der Waals surface area contributed by atoms with E-state index in [1.54, 1.807) is 0 Å². The van der Waals surface area contributed by atoms with E-state index in [2.05, 4.69) is 15.6 Å². The number of aryl methyl sites for hydroxylation is 1. The number of rotatable bonds is 6. The second-order valence-electron chi connectivity index (χ2n) is 8.03. The van der Waals surface area contributed by atoms with Crippen molar-refractivity contribution in [3.63, 3.8) is 0 Å². The van der Waals surface area contributed by atoms with E-state index in [-0.39, 0.29) is 11.9 Å². The zero-order valence-electron chi connectivity index (χ0n) is 16.8. The molecule has 0 aliphatic heterocycles. The Morgan fingerprint density at radius 1 is 1.21 bits per heavy atom. The van der Waals surface area contributed by atoms with E-state index in [1.807, 2.05) is 54.1 Å². The van der Waals surface area contributed by atoms with Gasteiger partial charge >= 0.3 is 0 Å². The smallest absolute Gasteiger partial charge is 0.251 e. The topological polar surface area (TPSA) is 59.8 Å². The largest absolute Gasteiger partial charge is 0.350 e. The zero-order chi connectivity index (χ0) is 20.2. The van der Waals surface area contributed by atoms with Crippen molar-refractivity contribution in [3.8, 4) is 0 Å². The average molecular weight is 411 g/mol.